The molecule has 2 heterocycles. The molecule has 1 aromatic heterocycles. The number of aromatic nitrogens is 1. The first-order chi connectivity index (χ1) is 15.0. The highest BCUT2D eigenvalue weighted by Gasteiger charge is 2.35. The lowest BCUT2D eigenvalue weighted by atomic mass is 9.79. The summed E-state index contributed by atoms with van der Waals surface area (Å²) >= 11 is 0. The van der Waals surface area contributed by atoms with Gasteiger partial charge in [0.25, 0.3) is 5.91 Å². The molecule has 32 heavy (non-hydrogen) atoms. The van der Waals surface area contributed by atoms with Crippen LogP contribution in [-0.2, 0) is 17.5 Å². The van der Waals surface area contributed by atoms with Gasteiger partial charge in [0.1, 0.15) is 11.4 Å². The molecule has 10 heteroatoms. The quantitative estimate of drug-likeness (QED) is 0.723. The Morgan fingerprint density at radius 1 is 1.28 bits per heavy atom. The second-order valence-electron chi connectivity index (χ2n) is 8.37. The molecule has 1 aliphatic carbocycles. The maximum atomic E-state index is 13.0. The topological polar surface area (TPSA) is 83.6 Å². The molecule has 1 fully saturated rings. The van der Waals surface area contributed by atoms with Gasteiger partial charge in [-0.2, -0.15) is 13.2 Å². The Hall–Kier alpha value is -3.30. The normalized spacial score (nSPS) is 19.5. The second kappa shape index (κ2) is 7.99. The summed E-state index contributed by atoms with van der Waals surface area (Å²) in [6.45, 7) is 3.40. The molecule has 4 rings (SSSR count). The Kier molecular flexibility index (Phi) is 5.47. The van der Waals surface area contributed by atoms with Crippen LogP contribution in [0.25, 0.3) is 0 Å². The van der Waals surface area contributed by atoms with Crippen LogP contribution in [0.2, 0.25) is 0 Å². The third-order valence-corrected chi connectivity index (χ3v) is 5.72. The smallest absolute Gasteiger partial charge is 0.433 e. The van der Waals surface area contributed by atoms with Crippen molar-refractivity contribution in [3.63, 3.8) is 0 Å². The number of benzene rings is 1. The number of carbonyl (C=O) groups is 2. The van der Waals surface area contributed by atoms with E-state index in [2.05, 4.69) is 15.6 Å². The summed E-state index contributed by atoms with van der Waals surface area (Å²) in [5, 5.41) is 5.70. The van der Waals surface area contributed by atoms with E-state index in [-0.39, 0.29) is 23.8 Å². The molecule has 0 spiro atoms. The number of pyridine rings is 1. The number of nitrogens with one attached hydrogen (secondary N) is 2. The number of fused-ring (bicyclic) bond motifs is 1. The van der Waals surface area contributed by atoms with Crippen molar-refractivity contribution < 1.29 is 27.5 Å². The standard InChI is InChI=1S/C22H23F3N4O3/c1-13-19(30)29(12-15-5-3-6-18(26-15)22(23,24)25)16-8-7-14(11-17(16)32-13)27-20(31)28-21(2)9-4-10-21/h3,5-8,11,13H,4,9-10,12H2,1-2H3,(H2,27,28,31)/t13-/m1/s1. The van der Waals surface area contributed by atoms with Gasteiger partial charge in [0.2, 0.25) is 0 Å². The lowest BCUT2D eigenvalue weighted by molar-refractivity contribution is -0.141. The molecule has 0 saturated heterocycles. The van der Waals surface area contributed by atoms with E-state index in [0.717, 1.165) is 25.3 Å². The third kappa shape index (κ3) is 4.49. The molecular weight excluding hydrogens is 425 g/mol. The van der Waals surface area contributed by atoms with Crippen LogP contribution in [0.15, 0.2) is 36.4 Å². The number of alkyl halides is 3. The van der Waals surface area contributed by atoms with Crippen molar-refractivity contribution in [3.05, 3.63) is 47.8 Å². The fourth-order valence-electron chi connectivity index (χ4n) is 3.81. The first kappa shape index (κ1) is 21.9. The Morgan fingerprint density at radius 2 is 2.03 bits per heavy atom. The molecule has 7 nitrogen and oxygen atoms in total. The molecule has 0 unspecified atom stereocenters. The zero-order valence-electron chi connectivity index (χ0n) is 17.6. The van der Waals surface area contributed by atoms with Crippen LogP contribution in [0.1, 0.15) is 44.5 Å². The van der Waals surface area contributed by atoms with Gasteiger partial charge in [0.15, 0.2) is 6.10 Å². The highest BCUT2D eigenvalue weighted by molar-refractivity contribution is 6.00. The minimum atomic E-state index is -4.58. The SMILES string of the molecule is C[C@H]1Oc2cc(NC(=O)NC3(C)CCC3)ccc2N(Cc2cccc(C(F)(F)F)n2)C1=O. The molecule has 3 amide bonds. The van der Waals surface area contributed by atoms with Gasteiger partial charge in [-0.3, -0.25) is 9.69 Å². The number of nitrogens with zero attached hydrogens (tertiary/aromatic N) is 2. The van der Waals surface area contributed by atoms with Crippen LogP contribution in [-0.4, -0.2) is 28.6 Å². The van der Waals surface area contributed by atoms with Crippen molar-refractivity contribution in [2.24, 2.45) is 0 Å². The fourth-order valence-corrected chi connectivity index (χ4v) is 3.81. The Balaban J connectivity index is 1.55. The molecule has 1 aromatic carbocycles. The number of carbonyl (C=O) groups excluding carboxylic acids is 2. The van der Waals surface area contributed by atoms with Crippen molar-refractivity contribution in [2.45, 2.75) is 57.5 Å². The van der Waals surface area contributed by atoms with Crippen LogP contribution in [0.3, 0.4) is 0 Å². The van der Waals surface area contributed by atoms with Gasteiger partial charge >= 0.3 is 12.2 Å². The average molecular weight is 448 g/mol. The molecule has 2 N–H and O–H groups in total. The lowest BCUT2D eigenvalue weighted by Crippen LogP contribution is -2.52. The number of urea groups is 1. The van der Waals surface area contributed by atoms with Gasteiger partial charge < -0.3 is 15.4 Å². The molecule has 170 valence electrons. The number of hydrogen-bond acceptors (Lipinski definition) is 4. The third-order valence-electron chi connectivity index (χ3n) is 5.72. The monoisotopic (exact) mass is 448 g/mol. The molecular formula is C22H23F3N4O3. The summed E-state index contributed by atoms with van der Waals surface area (Å²) in [4.78, 5) is 30.0. The van der Waals surface area contributed by atoms with Crippen molar-refractivity contribution in [1.29, 1.82) is 0 Å². The van der Waals surface area contributed by atoms with Crippen LogP contribution < -0.4 is 20.3 Å². The first-order valence-electron chi connectivity index (χ1n) is 10.3. The number of hydrogen-bond donors (Lipinski definition) is 2. The summed E-state index contributed by atoms with van der Waals surface area (Å²) in [5.41, 5.74) is -0.255. The molecule has 1 aliphatic heterocycles. The summed E-state index contributed by atoms with van der Waals surface area (Å²) in [7, 11) is 0. The van der Waals surface area contributed by atoms with E-state index in [1.165, 1.54) is 17.0 Å². The average Bonchev–Trinajstić information content (AvgIpc) is 2.69. The zero-order chi connectivity index (χ0) is 23.1. The molecule has 2 aliphatic rings. The van der Waals surface area contributed by atoms with Gasteiger partial charge in [-0.15, -0.1) is 0 Å². The first-order valence-corrected chi connectivity index (χ1v) is 10.3. The predicted octanol–water partition coefficient (Wildman–Crippen LogP) is 4.48. The molecule has 1 saturated carbocycles. The van der Waals surface area contributed by atoms with E-state index in [0.29, 0.717) is 17.1 Å². The summed E-state index contributed by atoms with van der Waals surface area (Å²) in [5.74, 6) is -0.0511. The van der Waals surface area contributed by atoms with Crippen LogP contribution in [0.5, 0.6) is 5.75 Å². The van der Waals surface area contributed by atoms with E-state index in [4.69, 9.17) is 4.74 Å². The lowest BCUT2D eigenvalue weighted by Gasteiger charge is -2.39. The number of rotatable bonds is 4. The predicted molar refractivity (Wildman–Crippen MR) is 111 cm³/mol. The number of anilines is 2. The van der Waals surface area contributed by atoms with Crippen molar-refractivity contribution >= 4 is 23.3 Å². The van der Waals surface area contributed by atoms with Crippen molar-refractivity contribution in [3.8, 4) is 5.75 Å². The van der Waals surface area contributed by atoms with Gasteiger partial charge in [-0.25, -0.2) is 9.78 Å². The van der Waals surface area contributed by atoms with Gasteiger partial charge in [-0.1, -0.05) is 6.07 Å². The fraction of sp³-hybridized carbons (Fsp3) is 0.409. The van der Waals surface area contributed by atoms with Gasteiger partial charge in [0, 0.05) is 17.3 Å². The molecule has 1 atom stereocenters. The Bertz CT molecular complexity index is 1050. The van der Waals surface area contributed by atoms with E-state index in [1.807, 2.05) is 6.92 Å². The molecule has 2 aromatic rings. The summed E-state index contributed by atoms with van der Waals surface area (Å²) < 4.78 is 44.7. The van der Waals surface area contributed by atoms with Crippen molar-refractivity contribution in [2.75, 3.05) is 10.2 Å². The zero-order valence-corrected chi connectivity index (χ0v) is 17.6. The molecule has 0 bridgehead atoms. The highest BCUT2D eigenvalue weighted by Crippen LogP contribution is 2.37. The van der Waals surface area contributed by atoms with E-state index in [1.54, 1.807) is 25.1 Å². The number of halogens is 3. The Morgan fingerprint density at radius 3 is 2.69 bits per heavy atom. The summed E-state index contributed by atoms with van der Waals surface area (Å²) in [6, 6.07) is 8.03. The van der Waals surface area contributed by atoms with Crippen LogP contribution >= 0.6 is 0 Å². The van der Waals surface area contributed by atoms with E-state index < -0.39 is 23.9 Å². The van der Waals surface area contributed by atoms with Crippen molar-refractivity contribution in [1.82, 2.24) is 10.3 Å². The molecule has 0 radical (unpaired) electrons. The summed E-state index contributed by atoms with van der Waals surface area (Å²) in [6.07, 6.45) is -2.50. The maximum Gasteiger partial charge on any atom is 0.433 e. The minimum Gasteiger partial charge on any atom is -0.479 e. The largest absolute Gasteiger partial charge is 0.479 e. The van der Waals surface area contributed by atoms with Gasteiger partial charge in [0.05, 0.1) is 17.9 Å². The van der Waals surface area contributed by atoms with Crippen LogP contribution in [0, 0.1) is 0 Å². The maximum absolute atomic E-state index is 13.0. The van der Waals surface area contributed by atoms with E-state index >= 15 is 0 Å². The number of amides is 3. The minimum absolute atomic E-state index is 0.101. The highest BCUT2D eigenvalue weighted by atomic mass is 19.4. The Labute approximate surface area is 183 Å². The van der Waals surface area contributed by atoms with E-state index in [9.17, 15) is 22.8 Å². The number of ether oxygens (including phenoxy) is 1. The van der Waals surface area contributed by atoms with Gasteiger partial charge in [-0.05, 0) is 57.4 Å². The van der Waals surface area contributed by atoms with Crippen LogP contribution in [0.4, 0.5) is 29.3 Å². The second-order valence-corrected chi connectivity index (χ2v) is 8.37.